The van der Waals surface area contributed by atoms with E-state index in [1.165, 1.54) is 0 Å². The fourth-order valence-electron chi connectivity index (χ4n) is 2.80. The van der Waals surface area contributed by atoms with Crippen molar-refractivity contribution in [3.63, 3.8) is 0 Å². The predicted octanol–water partition coefficient (Wildman–Crippen LogP) is 0.684. The highest BCUT2D eigenvalue weighted by Gasteiger charge is 2.38. The first-order valence-electron chi connectivity index (χ1n) is 9.18. The summed E-state index contributed by atoms with van der Waals surface area (Å²) in [7, 11) is 0. The molecule has 2 aromatic heterocycles. The topological polar surface area (TPSA) is 154 Å². The minimum atomic E-state index is -5.08. The highest BCUT2D eigenvalue weighted by molar-refractivity contribution is 5.91. The molecule has 166 valence electrons. The number of hydrogen-bond donors (Lipinski definition) is 3. The first-order valence-corrected chi connectivity index (χ1v) is 9.18. The van der Waals surface area contributed by atoms with Crippen LogP contribution >= 0.6 is 0 Å². The van der Waals surface area contributed by atoms with Gasteiger partial charge in [-0.05, 0) is 32.6 Å². The lowest BCUT2D eigenvalue weighted by Crippen LogP contribution is -2.28. The van der Waals surface area contributed by atoms with Gasteiger partial charge in [0.05, 0.1) is 24.5 Å². The second-order valence-corrected chi connectivity index (χ2v) is 6.83. The fraction of sp³-hybridized carbons (Fsp3) is 0.625. The second kappa shape index (κ2) is 10.1. The highest BCUT2D eigenvalue weighted by atomic mass is 19.4. The molecule has 0 bridgehead atoms. The maximum absolute atomic E-state index is 12.1. The van der Waals surface area contributed by atoms with Gasteiger partial charge in [-0.1, -0.05) is 10.4 Å². The standard InChI is InChI=1S/C14H22N8O.C2HF3O2/c1-10-8-21(19-17-10)7-6-16-14(23)13-9-22(20-18-13)12-4-2-11(15)3-5-12;3-2(4,5)1(6)7/h8-9,11-12H,2-7,15H2,1H3,(H,16,23);(H,6,7). The predicted molar refractivity (Wildman–Crippen MR) is 96.3 cm³/mol. The average Bonchev–Trinajstić information content (AvgIpc) is 3.31. The lowest BCUT2D eigenvalue weighted by Gasteiger charge is -2.25. The molecule has 4 N–H and O–H groups in total. The summed E-state index contributed by atoms with van der Waals surface area (Å²) < 4.78 is 35.2. The van der Waals surface area contributed by atoms with Gasteiger partial charge in [0.15, 0.2) is 5.69 Å². The third kappa shape index (κ3) is 7.09. The Kier molecular flexibility index (Phi) is 7.86. The highest BCUT2D eigenvalue weighted by Crippen LogP contribution is 2.26. The smallest absolute Gasteiger partial charge is 0.475 e. The molecule has 30 heavy (non-hydrogen) atoms. The Hall–Kier alpha value is -3.03. The number of halogens is 3. The van der Waals surface area contributed by atoms with Gasteiger partial charge in [0.1, 0.15) is 0 Å². The van der Waals surface area contributed by atoms with Crippen LogP contribution in [0.1, 0.15) is 47.9 Å². The van der Waals surface area contributed by atoms with Crippen LogP contribution < -0.4 is 11.1 Å². The van der Waals surface area contributed by atoms with E-state index in [0.717, 1.165) is 31.4 Å². The normalized spacial score (nSPS) is 19.0. The molecule has 2 heterocycles. The lowest BCUT2D eigenvalue weighted by atomic mass is 9.92. The molecule has 0 aliphatic heterocycles. The van der Waals surface area contributed by atoms with Crippen molar-refractivity contribution in [3.05, 3.63) is 23.8 Å². The Labute approximate surface area is 169 Å². The molecule has 1 amide bonds. The maximum Gasteiger partial charge on any atom is 0.490 e. The summed E-state index contributed by atoms with van der Waals surface area (Å²) >= 11 is 0. The average molecular weight is 432 g/mol. The zero-order valence-electron chi connectivity index (χ0n) is 16.2. The summed E-state index contributed by atoms with van der Waals surface area (Å²) in [5.41, 5.74) is 7.11. The van der Waals surface area contributed by atoms with Gasteiger partial charge in [0.2, 0.25) is 0 Å². The summed E-state index contributed by atoms with van der Waals surface area (Å²) in [6.07, 6.45) is 2.41. The number of nitrogens with two attached hydrogens (primary N) is 1. The van der Waals surface area contributed by atoms with E-state index in [1.54, 1.807) is 15.6 Å². The Bertz CT molecular complexity index is 843. The molecule has 2 aromatic rings. The minimum absolute atomic E-state index is 0.222. The van der Waals surface area contributed by atoms with Crippen LogP contribution in [0.5, 0.6) is 0 Å². The number of aromatic nitrogens is 6. The number of carboxylic acid groups (broad SMARTS) is 1. The molecule has 3 rings (SSSR count). The van der Waals surface area contributed by atoms with Gasteiger partial charge in [0.25, 0.3) is 5.91 Å². The van der Waals surface area contributed by atoms with Crippen molar-refractivity contribution < 1.29 is 27.9 Å². The molecule has 0 unspecified atom stereocenters. The molecule has 1 fully saturated rings. The van der Waals surface area contributed by atoms with Gasteiger partial charge in [-0.2, -0.15) is 13.2 Å². The molecule has 1 saturated carbocycles. The number of aliphatic carboxylic acids is 1. The molecule has 0 spiro atoms. The van der Waals surface area contributed by atoms with E-state index in [0.29, 0.717) is 24.8 Å². The molecule has 0 radical (unpaired) electrons. The number of amides is 1. The number of aryl methyl sites for hydroxylation is 1. The van der Waals surface area contributed by atoms with Crippen LogP contribution in [0.3, 0.4) is 0 Å². The second-order valence-electron chi connectivity index (χ2n) is 6.83. The molecule has 0 saturated heterocycles. The zero-order chi connectivity index (χ0) is 22.3. The van der Waals surface area contributed by atoms with Crippen LogP contribution in [0.4, 0.5) is 13.2 Å². The third-order valence-corrected chi connectivity index (χ3v) is 4.38. The van der Waals surface area contributed by atoms with E-state index < -0.39 is 12.1 Å². The third-order valence-electron chi connectivity index (χ3n) is 4.38. The van der Waals surface area contributed by atoms with Crippen LogP contribution in [-0.4, -0.2) is 65.7 Å². The monoisotopic (exact) mass is 432 g/mol. The zero-order valence-corrected chi connectivity index (χ0v) is 16.2. The van der Waals surface area contributed by atoms with Crippen molar-refractivity contribution in [2.45, 2.75) is 57.4 Å². The number of nitrogens with zero attached hydrogens (tertiary/aromatic N) is 6. The van der Waals surface area contributed by atoms with Crippen LogP contribution in [-0.2, 0) is 11.3 Å². The number of rotatable bonds is 5. The lowest BCUT2D eigenvalue weighted by molar-refractivity contribution is -0.192. The quantitative estimate of drug-likeness (QED) is 0.623. The van der Waals surface area contributed by atoms with E-state index >= 15 is 0 Å². The number of alkyl halides is 3. The number of carbonyl (C=O) groups excluding carboxylic acids is 1. The van der Waals surface area contributed by atoms with Crippen molar-refractivity contribution in [1.82, 2.24) is 35.3 Å². The van der Waals surface area contributed by atoms with E-state index in [2.05, 4.69) is 25.9 Å². The molecule has 14 heteroatoms. The Morgan fingerprint density at radius 2 is 1.83 bits per heavy atom. The summed E-state index contributed by atoms with van der Waals surface area (Å²) in [5, 5.41) is 25.8. The first kappa shape index (κ1) is 23.3. The molecular weight excluding hydrogens is 409 g/mol. The number of carboxylic acids is 1. The molecule has 11 nitrogen and oxygen atoms in total. The summed E-state index contributed by atoms with van der Waals surface area (Å²) in [5.74, 6) is -2.98. The van der Waals surface area contributed by atoms with Crippen molar-refractivity contribution in [3.8, 4) is 0 Å². The minimum Gasteiger partial charge on any atom is -0.475 e. The van der Waals surface area contributed by atoms with Gasteiger partial charge in [0, 0.05) is 18.8 Å². The van der Waals surface area contributed by atoms with Gasteiger partial charge in [-0.3, -0.25) is 9.48 Å². The number of carbonyl (C=O) groups is 2. The van der Waals surface area contributed by atoms with Crippen LogP contribution in [0, 0.1) is 6.92 Å². The van der Waals surface area contributed by atoms with Crippen molar-refractivity contribution in [1.29, 1.82) is 0 Å². The van der Waals surface area contributed by atoms with Crippen molar-refractivity contribution >= 4 is 11.9 Å². The SMILES string of the molecule is Cc1cn(CCNC(=O)c2cn(C3CCC(N)CC3)nn2)nn1.O=C(O)C(F)(F)F. The summed E-state index contributed by atoms with van der Waals surface area (Å²) in [4.78, 5) is 21.0. The van der Waals surface area contributed by atoms with E-state index in [4.69, 9.17) is 15.6 Å². The largest absolute Gasteiger partial charge is 0.490 e. The molecule has 0 atom stereocenters. The van der Waals surface area contributed by atoms with Crippen LogP contribution in [0.25, 0.3) is 0 Å². The van der Waals surface area contributed by atoms with Crippen LogP contribution in [0.2, 0.25) is 0 Å². The first-order chi connectivity index (χ1) is 14.1. The maximum atomic E-state index is 12.1. The van der Waals surface area contributed by atoms with E-state index in [-0.39, 0.29) is 11.9 Å². The number of nitrogens with one attached hydrogen (secondary N) is 1. The molecule has 1 aliphatic rings. The summed E-state index contributed by atoms with van der Waals surface area (Å²) in [6.45, 7) is 2.91. The van der Waals surface area contributed by atoms with Crippen molar-refractivity contribution in [2.24, 2.45) is 5.73 Å². The molecule has 0 aromatic carbocycles. The Morgan fingerprint density at radius 1 is 1.20 bits per heavy atom. The van der Waals surface area contributed by atoms with E-state index in [1.807, 2.05) is 13.1 Å². The van der Waals surface area contributed by atoms with Crippen LogP contribution in [0.15, 0.2) is 12.4 Å². The van der Waals surface area contributed by atoms with Crippen molar-refractivity contribution in [2.75, 3.05) is 6.54 Å². The summed E-state index contributed by atoms with van der Waals surface area (Å²) in [6, 6.07) is 0.583. The molecule has 1 aliphatic carbocycles. The van der Waals surface area contributed by atoms with Gasteiger partial charge < -0.3 is 16.2 Å². The van der Waals surface area contributed by atoms with Gasteiger partial charge >= 0.3 is 12.1 Å². The Balaban J connectivity index is 0.000000396. The molecular formula is C16H23F3N8O3. The fourth-order valence-corrected chi connectivity index (χ4v) is 2.80. The van der Waals surface area contributed by atoms with Gasteiger partial charge in [-0.15, -0.1) is 10.2 Å². The Morgan fingerprint density at radius 3 is 2.37 bits per heavy atom. The number of hydrogen-bond acceptors (Lipinski definition) is 7. The van der Waals surface area contributed by atoms with Gasteiger partial charge in [-0.25, -0.2) is 9.48 Å². The van der Waals surface area contributed by atoms with E-state index in [9.17, 15) is 18.0 Å².